The van der Waals surface area contributed by atoms with Gasteiger partial charge in [-0.25, -0.2) is 4.98 Å². The van der Waals surface area contributed by atoms with Crippen molar-refractivity contribution in [3.63, 3.8) is 0 Å². The molecule has 0 aliphatic carbocycles. The van der Waals surface area contributed by atoms with E-state index in [1.165, 1.54) is 28.3 Å². The quantitative estimate of drug-likeness (QED) is 0.667. The molecule has 0 atom stereocenters. The van der Waals surface area contributed by atoms with Crippen molar-refractivity contribution >= 4 is 27.8 Å². The normalized spacial score (nSPS) is 10.7. The second-order valence-corrected chi connectivity index (χ2v) is 6.39. The Hall–Kier alpha value is -2.05. The predicted molar refractivity (Wildman–Crippen MR) is 87.4 cm³/mol. The molecule has 2 heterocycles. The lowest BCUT2D eigenvalue weighted by Crippen LogP contribution is -2.03. The van der Waals surface area contributed by atoms with Gasteiger partial charge >= 0.3 is 0 Å². The molecule has 0 unspecified atom stereocenters. The molecule has 1 aromatic carbocycles. The molecule has 0 amide bonds. The Morgan fingerprint density at radius 2 is 2.05 bits per heavy atom. The number of thiazole rings is 1. The summed E-state index contributed by atoms with van der Waals surface area (Å²) < 4.78 is 0. The summed E-state index contributed by atoms with van der Waals surface area (Å²) >= 11 is 3.25. The number of hydrogen-bond acceptors (Lipinski definition) is 6. The molecule has 0 aliphatic rings. The molecule has 21 heavy (non-hydrogen) atoms. The Morgan fingerprint density at radius 3 is 2.81 bits per heavy atom. The molecule has 4 nitrogen and oxygen atoms in total. The zero-order valence-corrected chi connectivity index (χ0v) is 12.7. The van der Waals surface area contributed by atoms with Crippen LogP contribution in [0.5, 0.6) is 11.5 Å². The summed E-state index contributed by atoms with van der Waals surface area (Å²) in [7, 11) is 0. The molecule has 0 aliphatic heterocycles. The molecule has 6 heteroatoms. The third-order valence-electron chi connectivity index (χ3n) is 2.99. The first-order valence-corrected chi connectivity index (χ1v) is 8.22. The molecular formula is C15H14N2O2S2. The monoisotopic (exact) mass is 318 g/mol. The highest BCUT2D eigenvalue weighted by Crippen LogP contribution is 2.33. The minimum Gasteiger partial charge on any atom is -0.508 e. The van der Waals surface area contributed by atoms with Gasteiger partial charge in [-0.3, -0.25) is 0 Å². The average Bonchev–Trinajstić information content (AvgIpc) is 3.10. The summed E-state index contributed by atoms with van der Waals surface area (Å²) in [5.74, 6) is 0.0752. The number of aromatic hydroxyl groups is 2. The van der Waals surface area contributed by atoms with E-state index in [2.05, 4.69) is 27.8 Å². The van der Waals surface area contributed by atoms with Gasteiger partial charge in [-0.2, -0.15) is 0 Å². The number of anilines is 1. The first-order chi connectivity index (χ1) is 10.2. The fraction of sp³-hybridized carbons (Fsp3) is 0.133. The fourth-order valence-corrected chi connectivity index (χ4v) is 3.41. The van der Waals surface area contributed by atoms with E-state index in [1.807, 2.05) is 5.38 Å². The number of benzene rings is 1. The third kappa shape index (κ3) is 3.34. The summed E-state index contributed by atoms with van der Waals surface area (Å²) in [6.07, 6.45) is 0.969. The molecule has 2 aromatic heterocycles. The summed E-state index contributed by atoms with van der Waals surface area (Å²) in [5.41, 5.74) is 1.33. The van der Waals surface area contributed by atoms with E-state index in [1.54, 1.807) is 17.4 Å². The van der Waals surface area contributed by atoms with Gasteiger partial charge in [0, 0.05) is 28.4 Å². The molecule has 0 bridgehead atoms. The SMILES string of the molecule is Oc1ccc(-c2csc(NCCc3cccs3)n2)c(O)c1. The molecule has 0 saturated heterocycles. The standard InChI is InChI=1S/C15H14N2O2S2/c18-10-3-4-12(14(19)8-10)13-9-21-15(17-13)16-6-5-11-2-1-7-20-11/h1-4,7-9,18-19H,5-6H2,(H,16,17). The topological polar surface area (TPSA) is 65.4 Å². The van der Waals surface area contributed by atoms with E-state index < -0.39 is 0 Å². The lowest BCUT2D eigenvalue weighted by atomic mass is 10.1. The van der Waals surface area contributed by atoms with E-state index >= 15 is 0 Å². The Bertz CT molecular complexity index is 723. The van der Waals surface area contributed by atoms with E-state index in [0.717, 1.165) is 18.1 Å². The number of nitrogens with one attached hydrogen (secondary N) is 1. The van der Waals surface area contributed by atoms with Crippen LogP contribution in [0.4, 0.5) is 5.13 Å². The number of nitrogens with zero attached hydrogens (tertiary/aromatic N) is 1. The molecule has 3 N–H and O–H groups in total. The molecule has 0 spiro atoms. The molecular weight excluding hydrogens is 304 g/mol. The Balaban J connectivity index is 1.65. The van der Waals surface area contributed by atoms with Crippen LogP contribution in [0.1, 0.15) is 4.88 Å². The van der Waals surface area contributed by atoms with Gasteiger partial charge in [0.15, 0.2) is 5.13 Å². The lowest BCUT2D eigenvalue weighted by Gasteiger charge is -2.02. The second-order valence-electron chi connectivity index (χ2n) is 4.50. The number of thiophene rings is 1. The fourth-order valence-electron chi connectivity index (χ4n) is 1.96. The molecule has 3 aromatic rings. The predicted octanol–water partition coefficient (Wildman–Crippen LogP) is 3.94. The highest BCUT2D eigenvalue weighted by Gasteiger charge is 2.09. The van der Waals surface area contributed by atoms with Gasteiger partial charge < -0.3 is 15.5 Å². The van der Waals surface area contributed by atoms with Crippen molar-refractivity contribution in [2.45, 2.75) is 6.42 Å². The number of rotatable bonds is 5. The third-order valence-corrected chi connectivity index (χ3v) is 4.73. The molecule has 108 valence electrons. The van der Waals surface area contributed by atoms with Crippen molar-refractivity contribution in [3.8, 4) is 22.8 Å². The Labute approximate surface area is 130 Å². The van der Waals surface area contributed by atoms with E-state index in [9.17, 15) is 10.2 Å². The van der Waals surface area contributed by atoms with Crippen LogP contribution in [-0.4, -0.2) is 21.7 Å². The van der Waals surface area contributed by atoms with Gasteiger partial charge in [-0.1, -0.05) is 6.07 Å². The van der Waals surface area contributed by atoms with Crippen LogP contribution in [0.3, 0.4) is 0 Å². The van der Waals surface area contributed by atoms with Gasteiger partial charge in [-0.15, -0.1) is 22.7 Å². The zero-order chi connectivity index (χ0) is 14.7. The van der Waals surface area contributed by atoms with Crippen LogP contribution < -0.4 is 5.32 Å². The second kappa shape index (κ2) is 6.15. The van der Waals surface area contributed by atoms with E-state index in [0.29, 0.717) is 11.3 Å². The summed E-state index contributed by atoms with van der Waals surface area (Å²) in [4.78, 5) is 5.80. The maximum absolute atomic E-state index is 9.84. The van der Waals surface area contributed by atoms with Crippen molar-refractivity contribution in [2.24, 2.45) is 0 Å². The van der Waals surface area contributed by atoms with Crippen molar-refractivity contribution in [1.82, 2.24) is 4.98 Å². The maximum Gasteiger partial charge on any atom is 0.183 e. The number of phenolic OH excluding ortho intramolecular Hbond substituents is 2. The molecule has 0 saturated carbocycles. The van der Waals surface area contributed by atoms with Crippen molar-refractivity contribution in [1.29, 1.82) is 0 Å². The summed E-state index contributed by atoms with van der Waals surface area (Å²) in [5, 5.41) is 27.2. The minimum absolute atomic E-state index is 0.0328. The smallest absolute Gasteiger partial charge is 0.183 e. The van der Waals surface area contributed by atoms with Crippen LogP contribution in [0.2, 0.25) is 0 Å². The largest absolute Gasteiger partial charge is 0.508 e. The Kier molecular flexibility index (Phi) is 4.08. The van der Waals surface area contributed by atoms with Crippen molar-refractivity contribution in [3.05, 3.63) is 46.0 Å². The highest BCUT2D eigenvalue weighted by molar-refractivity contribution is 7.14. The minimum atomic E-state index is 0.0328. The number of aromatic nitrogens is 1. The van der Waals surface area contributed by atoms with Gasteiger partial charge in [0.1, 0.15) is 11.5 Å². The van der Waals surface area contributed by atoms with Gasteiger partial charge in [0.2, 0.25) is 0 Å². The van der Waals surface area contributed by atoms with Crippen molar-refractivity contribution < 1.29 is 10.2 Å². The first kappa shape index (κ1) is 13.9. The molecule has 3 rings (SSSR count). The van der Waals surface area contributed by atoms with Crippen LogP contribution in [0.25, 0.3) is 11.3 Å². The number of phenols is 2. The van der Waals surface area contributed by atoms with Crippen LogP contribution in [-0.2, 0) is 6.42 Å². The van der Waals surface area contributed by atoms with Crippen LogP contribution in [0, 0.1) is 0 Å². The van der Waals surface area contributed by atoms with E-state index in [-0.39, 0.29) is 11.5 Å². The van der Waals surface area contributed by atoms with Gasteiger partial charge in [0.05, 0.1) is 5.69 Å². The lowest BCUT2D eigenvalue weighted by molar-refractivity contribution is 0.452. The summed E-state index contributed by atoms with van der Waals surface area (Å²) in [6.45, 7) is 0.828. The number of hydrogen-bond donors (Lipinski definition) is 3. The first-order valence-electron chi connectivity index (χ1n) is 6.46. The van der Waals surface area contributed by atoms with Crippen LogP contribution in [0.15, 0.2) is 41.1 Å². The van der Waals surface area contributed by atoms with Gasteiger partial charge in [-0.05, 0) is 30.0 Å². The molecule has 0 fully saturated rings. The van der Waals surface area contributed by atoms with E-state index in [4.69, 9.17) is 0 Å². The highest BCUT2D eigenvalue weighted by atomic mass is 32.1. The van der Waals surface area contributed by atoms with Gasteiger partial charge in [0.25, 0.3) is 0 Å². The average molecular weight is 318 g/mol. The zero-order valence-electron chi connectivity index (χ0n) is 11.1. The molecule has 0 radical (unpaired) electrons. The Morgan fingerprint density at radius 1 is 1.14 bits per heavy atom. The maximum atomic E-state index is 9.84. The summed E-state index contributed by atoms with van der Waals surface area (Å²) in [6, 6.07) is 8.69. The van der Waals surface area contributed by atoms with Crippen molar-refractivity contribution in [2.75, 3.05) is 11.9 Å². The van der Waals surface area contributed by atoms with Crippen LogP contribution >= 0.6 is 22.7 Å².